The zero-order valence-corrected chi connectivity index (χ0v) is 36.9. The Kier molecular flexibility index (Phi) is 12.0. The molecule has 5 heterocycles. The first-order chi connectivity index (χ1) is 30.8. The Morgan fingerprint density at radius 1 is 1.05 bits per heavy atom. The number of amides is 4. The summed E-state index contributed by atoms with van der Waals surface area (Å²) in [6.07, 6.45) is 10.5. The molecule has 0 radical (unpaired) electrons. The molecule has 6 aliphatic rings. The molecule has 4 amide bonds. The van der Waals surface area contributed by atoms with Gasteiger partial charge in [-0.25, -0.2) is 13.8 Å². The van der Waals surface area contributed by atoms with Crippen molar-refractivity contribution in [2.75, 3.05) is 73.5 Å². The van der Waals surface area contributed by atoms with Gasteiger partial charge in [-0.05, 0) is 99.5 Å². The van der Waals surface area contributed by atoms with Crippen molar-refractivity contribution >= 4 is 52.5 Å². The van der Waals surface area contributed by atoms with Gasteiger partial charge in [0.05, 0.1) is 24.9 Å². The highest BCUT2D eigenvalue weighted by atomic mass is 19.1. The van der Waals surface area contributed by atoms with Crippen LogP contribution in [0.15, 0.2) is 36.5 Å². The molecule has 64 heavy (non-hydrogen) atoms. The zero-order valence-electron chi connectivity index (χ0n) is 36.9. The van der Waals surface area contributed by atoms with Gasteiger partial charge >= 0.3 is 0 Å². The maximum atomic E-state index is 15.3. The van der Waals surface area contributed by atoms with E-state index in [-0.39, 0.29) is 54.3 Å². The van der Waals surface area contributed by atoms with Crippen LogP contribution < -0.4 is 35.4 Å². The molecule has 5 fully saturated rings. The summed E-state index contributed by atoms with van der Waals surface area (Å²) in [5, 5.41) is 19.0. The highest BCUT2D eigenvalue weighted by molar-refractivity contribution is 6.04. The topological polar surface area (TPSA) is 173 Å². The first-order valence-electron chi connectivity index (χ1n) is 22.9. The van der Waals surface area contributed by atoms with Crippen LogP contribution in [0.25, 0.3) is 0 Å². The second kappa shape index (κ2) is 17.5. The van der Waals surface area contributed by atoms with E-state index in [4.69, 9.17) is 9.72 Å². The van der Waals surface area contributed by atoms with Gasteiger partial charge in [-0.3, -0.25) is 24.5 Å². The average Bonchev–Trinajstić information content (AvgIpc) is 4.04. The summed E-state index contributed by atoms with van der Waals surface area (Å²) < 4.78 is 36.4. The van der Waals surface area contributed by atoms with Crippen molar-refractivity contribution in [3.8, 4) is 5.75 Å². The minimum Gasteiger partial charge on any atom is -0.495 e. The number of imide groups is 1. The van der Waals surface area contributed by atoms with E-state index in [1.54, 1.807) is 43.5 Å². The van der Waals surface area contributed by atoms with Crippen molar-refractivity contribution in [1.29, 1.82) is 0 Å². The third kappa shape index (κ3) is 8.25. The summed E-state index contributed by atoms with van der Waals surface area (Å²) in [6.45, 7) is 5.89. The molecule has 2 aliphatic carbocycles. The van der Waals surface area contributed by atoms with Crippen molar-refractivity contribution < 1.29 is 37.8 Å². The number of carbonyl (C=O) groups excluding carboxylic acids is 4. The lowest BCUT2D eigenvalue weighted by molar-refractivity contribution is -0.134. The lowest BCUT2D eigenvalue weighted by Gasteiger charge is -2.50. The molecule has 4 atom stereocenters. The number of benzene rings is 2. The van der Waals surface area contributed by atoms with Crippen LogP contribution in [-0.4, -0.2) is 115 Å². The molecule has 2 unspecified atom stereocenters. The number of halogens is 2. The van der Waals surface area contributed by atoms with Crippen molar-refractivity contribution in [3.05, 3.63) is 59.3 Å². The number of ether oxygens (including phenoxy) is 1. The fourth-order valence-electron chi connectivity index (χ4n) is 11.7. The van der Waals surface area contributed by atoms with E-state index < -0.39 is 34.9 Å². The predicted octanol–water partition coefficient (Wildman–Crippen LogP) is 5.39. The summed E-state index contributed by atoms with van der Waals surface area (Å²) in [4.78, 5) is 69.0. The largest absolute Gasteiger partial charge is 0.495 e. The predicted molar refractivity (Wildman–Crippen MR) is 237 cm³/mol. The Labute approximate surface area is 372 Å². The number of aliphatic hydroxyl groups is 1. The molecule has 4 N–H and O–H groups in total. The van der Waals surface area contributed by atoms with Gasteiger partial charge in [-0.15, -0.1) is 0 Å². The van der Waals surface area contributed by atoms with Gasteiger partial charge in [0.2, 0.25) is 23.7 Å². The summed E-state index contributed by atoms with van der Waals surface area (Å²) in [5.41, 5.74) is 1.32. The maximum absolute atomic E-state index is 15.3. The molecule has 4 aliphatic heterocycles. The van der Waals surface area contributed by atoms with E-state index in [9.17, 15) is 24.3 Å². The van der Waals surface area contributed by atoms with Crippen LogP contribution in [0.5, 0.6) is 5.75 Å². The normalized spacial score (nSPS) is 25.8. The Hall–Kier alpha value is -5.42. The van der Waals surface area contributed by atoms with Crippen LogP contribution in [0.1, 0.15) is 106 Å². The molecule has 15 nitrogen and oxygen atoms in total. The summed E-state index contributed by atoms with van der Waals surface area (Å²) in [6, 6.07) is 7.78. The molecule has 9 rings (SSSR count). The number of likely N-dealkylation sites (tertiary alicyclic amines) is 1. The fourth-order valence-corrected chi connectivity index (χ4v) is 11.7. The molecule has 0 bridgehead atoms. The number of methoxy groups -OCH3 is 1. The Balaban J connectivity index is 0.811. The van der Waals surface area contributed by atoms with Gasteiger partial charge in [-0.1, -0.05) is 19.8 Å². The molecule has 3 saturated heterocycles. The molecule has 342 valence electrons. The van der Waals surface area contributed by atoms with Gasteiger partial charge in [-0.2, -0.15) is 4.98 Å². The molecule has 3 aromatic rings. The molecular formula is C47H59F2N9O6. The highest BCUT2D eigenvalue weighted by Crippen LogP contribution is 2.52. The number of nitrogens with zero attached hydrogens (tertiary/aromatic N) is 6. The van der Waals surface area contributed by atoms with E-state index in [1.165, 1.54) is 12.1 Å². The Morgan fingerprint density at radius 3 is 2.52 bits per heavy atom. The van der Waals surface area contributed by atoms with Gasteiger partial charge in [0, 0.05) is 81.2 Å². The molecule has 1 spiro atoms. The van der Waals surface area contributed by atoms with Gasteiger partial charge in [0.25, 0.3) is 5.91 Å². The van der Waals surface area contributed by atoms with Gasteiger partial charge in [0.15, 0.2) is 5.82 Å². The molecule has 2 aromatic carbocycles. The number of anilines is 5. The molecule has 1 aromatic heterocycles. The van der Waals surface area contributed by atoms with E-state index >= 15 is 8.78 Å². The van der Waals surface area contributed by atoms with Gasteiger partial charge in [0.1, 0.15) is 29.1 Å². The third-order valence-electron chi connectivity index (χ3n) is 14.9. The smallest absolute Gasteiger partial charge is 0.251 e. The standard InChI is InChI=1S/C47H59F2N9O6/c1-4-36-44(63)55(2)37-22-50-45(53-41(37)58(36)30-7-5-6-8-30)51-35-11-9-29(19-38(35)64-3)42(61)54-47(16-18-59)15-14-46(25-47)26-56(27-46)23-28-13-17-57(24-28)31-20-33(48)40(34(49)21-31)32-10-12-39(60)52-43(32)62/h9,11,19-22,28,30,32,36,59H,4-8,10,12-18,23-27H2,1-3H3,(H,54,61)(H,50,51,53)(H,52,60,62)/t28-,32?,36+,47?/m0/s1. The van der Waals surface area contributed by atoms with Crippen molar-refractivity contribution in [3.63, 3.8) is 0 Å². The van der Waals surface area contributed by atoms with Crippen LogP contribution in [0.3, 0.4) is 0 Å². The fraction of sp³-hybridized carbons (Fsp3) is 0.574. The molecule has 17 heteroatoms. The van der Waals surface area contributed by atoms with Crippen molar-refractivity contribution in [2.45, 2.75) is 108 Å². The maximum Gasteiger partial charge on any atom is 0.251 e. The Bertz CT molecular complexity index is 2300. The second-order valence-electron chi connectivity index (χ2n) is 19.1. The number of rotatable bonds is 13. The Morgan fingerprint density at radius 2 is 1.81 bits per heavy atom. The van der Waals surface area contributed by atoms with E-state index in [0.717, 1.165) is 76.8 Å². The number of hydrogen-bond acceptors (Lipinski definition) is 12. The minimum atomic E-state index is -1.03. The lowest BCUT2D eigenvalue weighted by Crippen LogP contribution is -2.58. The van der Waals surface area contributed by atoms with Crippen molar-refractivity contribution in [2.24, 2.45) is 11.3 Å². The monoisotopic (exact) mass is 883 g/mol. The number of fused-ring (bicyclic) bond motifs is 1. The SMILES string of the molecule is CC[C@@H]1C(=O)N(C)c2cnc(Nc3ccc(C(=O)NC4(CCO)CCC5(CN(C[C@@H]6CCN(c7cc(F)c(C8CCC(=O)NC8=O)c(F)c7)C6)C5)C4)cc3OC)nc2N1C1CCCC1. The number of aromatic nitrogens is 2. The molecular weight excluding hydrogens is 825 g/mol. The average molecular weight is 884 g/mol. The summed E-state index contributed by atoms with van der Waals surface area (Å²) in [7, 11) is 3.32. The first-order valence-corrected chi connectivity index (χ1v) is 22.9. The number of carbonyl (C=O) groups is 4. The minimum absolute atomic E-state index is 0.0196. The van der Waals surface area contributed by atoms with Crippen molar-refractivity contribution in [1.82, 2.24) is 25.5 Å². The highest BCUT2D eigenvalue weighted by Gasteiger charge is 2.54. The van der Waals surface area contributed by atoms with Crippen LogP contribution in [-0.2, 0) is 14.4 Å². The van der Waals surface area contributed by atoms with Crippen LogP contribution >= 0.6 is 0 Å². The van der Waals surface area contributed by atoms with E-state index in [2.05, 4.69) is 30.7 Å². The van der Waals surface area contributed by atoms with Crippen LogP contribution in [0.4, 0.5) is 37.6 Å². The number of nitrogens with one attached hydrogen (secondary N) is 3. The quantitative estimate of drug-likeness (QED) is 0.162. The number of piperidine rings is 1. The number of hydrogen-bond donors (Lipinski definition) is 4. The number of aliphatic hydroxyl groups excluding tert-OH is 1. The second-order valence-corrected chi connectivity index (χ2v) is 19.1. The van der Waals surface area contributed by atoms with Crippen LogP contribution in [0.2, 0.25) is 0 Å². The lowest BCUT2D eigenvalue weighted by atomic mass is 9.75. The van der Waals surface area contributed by atoms with E-state index in [1.807, 2.05) is 11.8 Å². The molecule has 2 saturated carbocycles. The third-order valence-corrected chi connectivity index (χ3v) is 14.9. The summed E-state index contributed by atoms with van der Waals surface area (Å²) >= 11 is 0. The van der Waals surface area contributed by atoms with Gasteiger partial charge < -0.3 is 40.1 Å². The zero-order chi connectivity index (χ0) is 44.9. The van der Waals surface area contributed by atoms with E-state index in [0.29, 0.717) is 66.2 Å². The van der Waals surface area contributed by atoms with Crippen LogP contribution in [0, 0.1) is 23.0 Å². The number of likely N-dealkylation sites (N-methyl/N-ethyl adjacent to an activating group) is 1. The summed E-state index contributed by atoms with van der Waals surface area (Å²) in [5.74, 6) is -2.03. The first kappa shape index (κ1) is 43.8.